The molecule has 1 saturated carbocycles. The van der Waals surface area contributed by atoms with Crippen molar-refractivity contribution < 1.29 is 27.5 Å². The summed E-state index contributed by atoms with van der Waals surface area (Å²) < 4.78 is 48.5. The molecule has 2 unspecified atom stereocenters. The van der Waals surface area contributed by atoms with Crippen molar-refractivity contribution in [2.45, 2.75) is 35.3 Å². The van der Waals surface area contributed by atoms with Gasteiger partial charge in [-0.15, -0.1) is 0 Å². The van der Waals surface area contributed by atoms with Gasteiger partial charge in [0.25, 0.3) is 5.56 Å². The summed E-state index contributed by atoms with van der Waals surface area (Å²) in [5.41, 5.74) is -2.62. The molecule has 2 atom stereocenters. The Morgan fingerprint density at radius 1 is 1.26 bits per heavy atom. The number of carbonyl (C=O) groups is 1. The van der Waals surface area contributed by atoms with E-state index in [1.54, 1.807) is 10.8 Å². The summed E-state index contributed by atoms with van der Waals surface area (Å²) in [6.45, 7) is 1.28. The minimum Gasteiger partial charge on any atom is -0.460 e. The predicted molar refractivity (Wildman–Crippen MR) is 118 cm³/mol. The lowest BCUT2D eigenvalue weighted by Crippen LogP contribution is -2.33. The molecule has 1 aliphatic rings. The number of esters is 1. The highest BCUT2D eigenvalue weighted by atomic mass is 35.5. The SMILES string of the molecule is CC(=O)OC1CC1n1ccc2c(F)cc(S(=O)(=O)c3ccc(Cl)c4c(=O)n(O)c(=O)[nH]c34)cc21. The molecule has 0 saturated heterocycles. The third kappa shape index (κ3) is 3.29. The van der Waals surface area contributed by atoms with Gasteiger partial charge >= 0.3 is 11.7 Å². The second-order valence-corrected chi connectivity index (χ2v) is 10.2. The Bertz CT molecular complexity index is 1760. The van der Waals surface area contributed by atoms with Gasteiger partial charge in [-0.1, -0.05) is 16.3 Å². The molecule has 0 radical (unpaired) electrons. The van der Waals surface area contributed by atoms with Gasteiger partial charge in [-0.2, -0.15) is 0 Å². The molecular formula is C21H15ClFN3O7S. The Balaban J connectivity index is 1.70. The Morgan fingerprint density at radius 3 is 2.71 bits per heavy atom. The maximum atomic E-state index is 14.9. The summed E-state index contributed by atoms with van der Waals surface area (Å²) in [4.78, 5) is 36.7. The lowest BCUT2D eigenvalue weighted by atomic mass is 10.2. The highest BCUT2D eigenvalue weighted by Crippen LogP contribution is 2.42. The molecule has 0 bridgehead atoms. The zero-order valence-corrected chi connectivity index (χ0v) is 18.9. The molecule has 1 fully saturated rings. The number of hydrogen-bond donors (Lipinski definition) is 2. The molecule has 2 aromatic heterocycles. The molecule has 2 heterocycles. The molecule has 0 spiro atoms. The Morgan fingerprint density at radius 2 is 2.00 bits per heavy atom. The number of hydrogen-bond acceptors (Lipinski definition) is 7. The number of aromatic amines is 1. The fourth-order valence-corrected chi connectivity index (χ4v) is 5.72. The average molecular weight is 508 g/mol. The molecule has 176 valence electrons. The van der Waals surface area contributed by atoms with Gasteiger partial charge < -0.3 is 19.5 Å². The largest absolute Gasteiger partial charge is 0.460 e. The highest BCUT2D eigenvalue weighted by molar-refractivity contribution is 7.91. The summed E-state index contributed by atoms with van der Waals surface area (Å²) in [6, 6.07) is 5.53. The number of sulfone groups is 1. The van der Waals surface area contributed by atoms with Crippen molar-refractivity contribution in [1.29, 1.82) is 0 Å². The number of aromatic nitrogens is 3. The van der Waals surface area contributed by atoms with Crippen LogP contribution in [-0.2, 0) is 19.4 Å². The lowest BCUT2D eigenvalue weighted by molar-refractivity contribution is -0.142. The standard InChI is InChI=1S/C21H15ClFN3O7S/c1-9(27)33-16-8-15(16)25-5-4-11-13(23)6-10(7-14(11)25)34(31,32)17-3-2-12(22)18-19(17)24-21(29)26(30)20(18)28/h2-7,15-16,30H,8H2,1H3,(H,24,29). The normalized spacial score (nSPS) is 17.9. The summed E-state index contributed by atoms with van der Waals surface area (Å²) in [7, 11) is -4.47. The van der Waals surface area contributed by atoms with E-state index in [1.807, 2.05) is 0 Å². The van der Waals surface area contributed by atoms with Crippen molar-refractivity contribution in [3.05, 3.63) is 68.2 Å². The average Bonchev–Trinajstić information content (AvgIpc) is 3.36. The first-order valence-corrected chi connectivity index (χ1v) is 11.8. The fourth-order valence-electron chi connectivity index (χ4n) is 4.03. The monoisotopic (exact) mass is 507 g/mol. The van der Waals surface area contributed by atoms with Crippen molar-refractivity contribution in [3.63, 3.8) is 0 Å². The van der Waals surface area contributed by atoms with Crippen LogP contribution in [-0.4, -0.2) is 40.0 Å². The van der Waals surface area contributed by atoms with Gasteiger partial charge in [0.15, 0.2) is 0 Å². The van der Waals surface area contributed by atoms with Crippen molar-refractivity contribution >= 4 is 49.2 Å². The van der Waals surface area contributed by atoms with Crippen LogP contribution in [0.1, 0.15) is 19.4 Å². The zero-order valence-electron chi connectivity index (χ0n) is 17.3. The van der Waals surface area contributed by atoms with Crippen LogP contribution in [0.5, 0.6) is 0 Å². The number of fused-ring (bicyclic) bond motifs is 2. The maximum Gasteiger partial charge on any atom is 0.362 e. The van der Waals surface area contributed by atoms with Crippen LogP contribution < -0.4 is 11.2 Å². The third-order valence-corrected chi connectivity index (χ3v) is 7.77. The van der Waals surface area contributed by atoms with E-state index in [-0.39, 0.29) is 26.7 Å². The van der Waals surface area contributed by atoms with Crippen LogP contribution in [0.25, 0.3) is 21.8 Å². The predicted octanol–water partition coefficient (Wildman–Crippen LogP) is 2.38. The van der Waals surface area contributed by atoms with Crippen molar-refractivity contribution in [2.24, 2.45) is 0 Å². The second-order valence-electron chi connectivity index (χ2n) is 7.86. The number of halogens is 2. The summed E-state index contributed by atoms with van der Waals surface area (Å²) in [6.07, 6.45) is 1.68. The Hall–Kier alpha value is -3.64. The first-order chi connectivity index (χ1) is 16.0. The number of carbonyl (C=O) groups excluding carboxylic acids is 1. The molecule has 5 rings (SSSR count). The minimum atomic E-state index is -4.47. The maximum absolute atomic E-state index is 14.9. The highest BCUT2D eigenvalue weighted by Gasteiger charge is 2.42. The molecule has 10 nitrogen and oxygen atoms in total. The quantitative estimate of drug-likeness (QED) is 0.319. The van der Waals surface area contributed by atoms with Crippen LogP contribution in [0.2, 0.25) is 5.02 Å². The molecule has 2 N–H and O–H groups in total. The van der Waals surface area contributed by atoms with E-state index in [0.29, 0.717) is 6.42 Å². The number of H-pyrrole nitrogens is 1. The summed E-state index contributed by atoms with van der Waals surface area (Å²) in [5, 5.41) is 9.16. The number of benzene rings is 2. The van der Waals surface area contributed by atoms with Gasteiger partial charge in [0.05, 0.1) is 37.3 Å². The van der Waals surface area contributed by atoms with Gasteiger partial charge in [-0.25, -0.2) is 17.6 Å². The van der Waals surface area contributed by atoms with E-state index in [4.69, 9.17) is 16.3 Å². The molecular weight excluding hydrogens is 493 g/mol. The number of nitrogens with one attached hydrogen (secondary N) is 1. The number of rotatable bonds is 4. The van der Waals surface area contributed by atoms with Gasteiger partial charge in [0, 0.05) is 24.9 Å². The van der Waals surface area contributed by atoms with Crippen molar-refractivity contribution in [1.82, 2.24) is 14.3 Å². The van der Waals surface area contributed by atoms with E-state index in [2.05, 4.69) is 4.98 Å². The Kier molecular flexibility index (Phi) is 4.85. The first kappa shape index (κ1) is 22.2. The van der Waals surface area contributed by atoms with Gasteiger partial charge in [0.2, 0.25) is 9.84 Å². The summed E-state index contributed by atoms with van der Waals surface area (Å²) in [5.74, 6) is -1.26. The molecule has 0 aliphatic heterocycles. The molecule has 2 aromatic carbocycles. The van der Waals surface area contributed by atoms with Gasteiger partial charge in [-0.05, 0) is 30.3 Å². The van der Waals surface area contributed by atoms with E-state index in [1.165, 1.54) is 19.1 Å². The van der Waals surface area contributed by atoms with Crippen LogP contribution in [0, 0.1) is 5.82 Å². The van der Waals surface area contributed by atoms with Crippen LogP contribution in [0.3, 0.4) is 0 Å². The van der Waals surface area contributed by atoms with Crippen molar-refractivity contribution in [3.8, 4) is 0 Å². The topological polar surface area (TPSA) is 140 Å². The first-order valence-electron chi connectivity index (χ1n) is 9.90. The van der Waals surface area contributed by atoms with Crippen LogP contribution in [0.4, 0.5) is 4.39 Å². The van der Waals surface area contributed by atoms with Crippen molar-refractivity contribution in [2.75, 3.05) is 0 Å². The smallest absolute Gasteiger partial charge is 0.362 e. The van der Waals surface area contributed by atoms with Crippen LogP contribution in [0.15, 0.2) is 55.9 Å². The number of ether oxygens (including phenoxy) is 1. The van der Waals surface area contributed by atoms with Gasteiger partial charge in [-0.3, -0.25) is 9.59 Å². The fraction of sp³-hybridized carbons (Fsp3) is 0.190. The lowest BCUT2D eigenvalue weighted by Gasteiger charge is -2.11. The van der Waals surface area contributed by atoms with E-state index in [0.717, 1.165) is 18.2 Å². The second kappa shape index (κ2) is 7.43. The molecule has 0 amide bonds. The number of nitrogens with zero attached hydrogens (tertiary/aromatic N) is 2. The third-order valence-electron chi connectivity index (χ3n) is 5.68. The summed E-state index contributed by atoms with van der Waals surface area (Å²) >= 11 is 6.02. The molecule has 4 aromatic rings. The van der Waals surface area contributed by atoms with Crippen LogP contribution >= 0.6 is 11.6 Å². The van der Waals surface area contributed by atoms with E-state index < -0.39 is 59.7 Å². The van der Waals surface area contributed by atoms with E-state index >= 15 is 0 Å². The van der Waals surface area contributed by atoms with Gasteiger partial charge in [0.1, 0.15) is 11.9 Å². The zero-order chi connectivity index (χ0) is 24.5. The minimum absolute atomic E-state index is 0.171. The van der Waals surface area contributed by atoms with E-state index in [9.17, 15) is 32.4 Å². The molecule has 1 aliphatic carbocycles. The molecule has 34 heavy (non-hydrogen) atoms. The molecule has 13 heteroatoms. The Labute approximate surface area is 194 Å².